The number of thioether (sulfide) groups is 1. The van der Waals surface area contributed by atoms with E-state index in [1.807, 2.05) is 30.3 Å². The molecule has 2 aromatic carbocycles. The first-order valence-corrected chi connectivity index (χ1v) is 9.42. The number of aromatic amines is 1. The maximum absolute atomic E-state index is 13.6. The molecule has 0 radical (unpaired) electrons. The third kappa shape index (κ3) is 5.04. The number of nitrogens with one attached hydrogen (secondary N) is 2. The molecule has 0 aliphatic heterocycles. The first kappa shape index (κ1) is 19.8. The topological polar surface area (TPSA) is 74.8 Å². The Bertz CT molecular complexity index is 1060. The fraction of sp³-hybridized carbons (Fsp3) is 0.150. The number of carbonyl (C=O) groups is 1. The van der Waals surface area contributed by atoms with Crippen molar-refractivity contribution in [2.24, 2.45) is 0 Å². The third-order valence-corrected chi connectivity index (χ3v) is 4.84. The van der Waals surface area contributed by atoms with Gasteiger partial charge in [0.1, 0.15) is 11.6 Å². The zero-order valence-electron chi connectivity index (χ0n) is 15.0. The minimum atomic E-state index is -0.856. The summed E-state index contributed by atoms with van der Waals surface area (Å²) in [4.78, 5) is 31.4. The SMILES string of the molecule is Cc1nc(SCC(=O)Nc2ccc(F)cc2F)[nH]c(=O)c1Cc1ccccc1. The maximum atomic E-state index is 13.6. The molecule has 3 aromatic rings. The van der Waals surface area contributed by atoms with Crippen LogP contribution in [-0.2, 0) is 11.2 Å². The number of H-pyrrole nitrogens is 1. The van der Waals surface area contributed by atoms with Crippen molar-refractivity contribution in [3.05, 3.63) is 87.3 Å². The van der Waals surface area contributed by atoms with Gasteiger partial charge in [0.2, 0.25) is 5.91 Å². The number of hydrogen-bond acceptors (Lipinski definition) is 4. The fourth-order valence-electron chi connectivity index (χ4n) is 2.57. The van der Waals surface area contributed by atoms with Gasteiger partial charge in [-0.05, 0) is 24.6 Å². The molecule has 0 atom stereocenters. The summed E-state index contributed by atoms with van der Waals surface area (Å²) >= 11 is 1.02. The molecule has 1 aromatic heterocycles. The van der Waals surface area contributed by atoms with Gasteiger partial charge in [0.25, 0.3) is 5.56 Å². The van der Waals surface area contributed by atoms with Crippen LogP contribution in [0.15, 0.2) is 58.5 Å². The van der Waals surface area contributed by atoms with Crippen molar-refractivity contribution in [1.82, 2.24) is 9.97 Å². The van der Waals surface area contributed by atoms with Crippen LogP contribution in [0, 0.1) is 18.6 Å². The van der Waals surface area contributed by atoms with Crippen LogP contribution in [-0.4, -0.2) is 21.6 Å². The van der Waals surface area contributed by atoms with E-state index in [2.05, 4.69) is 15.3 Å². The van der Waals surface area contributed by atoms with E-state index in [1.165, 1.54) is 0 Å². The second-order valence-corrected chi connectivity index (χ2v) is 7.02. The molecular weight excluding hydrogens is 384 g/mol. The Kier molecular flexibility index (Phi) is 6.20. The van der Waals surface area contributed by atoms with Gasteiger partial charge < -0.3 is 10.3 Å². The molecule has 28 heavy (non-hydrogen) atoms. The summed E-state index contributed by atoms with van der Waals surface area (Å²) in [6.45, 7) is 1.74. The summed E-state index contributed by atoms with van der Waals surface area (Å²) in [6.07, 6.45) is 0.463. The van der Waals surface area contributed by atoms with Crippen molar-refractivity contribution >= 4 is 23.4 Å². The Morgan fingerprint density at radius 1 is 1.18 bits per heavy atom. The quantitative estimate of drug-likeness (QED) is 0.488. The Balaban J connectivity index is 1.64. The number of carbonyl (C=O) groups excluding carboxylic acids is 1. The Labute approximate surface area is 164 Å². The molecule has 144 valence electrons. The number of hydrogen-bond donors (Lipinski definition) is 2. The van der Waals surface area contributed by atoms with E-state index in [0.717, 1.165) is 29.5 Å². The summed E-state index contributed by atoms with van der Waals surface area (Å²) < 4.78 is 26.5. The lowest BCUT2D eigenvalue weighted by Crippen LogP contribution is -2.19. The van der Waals surface area contributed by atoms with Crippen LogP contribution in [0.25, 0.3) is 0 Å². The van der Waals surface area contributed by atoms with Crippen LogP contribution in [0.2, 0.25) is 0 Å². The average Bonchev–Trinajstić information content (AvgIpc) is 2.66. The van der Waals surface area contributed by atoms with Crippen molar-refractivity contribution < 1.29 is 13.6 Å². The Morgan fingerprint density at radius 2 is 1.93 bits per heavy atom. The van der Waals surface area contributed by atoms with Gasteiger partial charge >= 0.3 is 0 Å². The molecule has 1 amide bonds. The molecule has 0 fully saturated rings. The lowest BCUT2D eigenvalue weighted by Gasteiger charge is -2.08. The smallest absolute Gasteiger partial charge is 0.255 e. The van der Waals surface area contributed by atoms with Crippen LogP contribution in [0.3, 0.4) is 0 Å². The van der Waals surface area contributed by atoms with Gasteiger partial charge in [-0.2, -0.15) is 0 Å². The van der Waals surface area contributed by atoms with E-state index >= 15 is 0 Å². The van der Waals surface area contributed by atoms with Crippen molar-refractivity contribution in [2.45, 2.75) is 18.5 Å². The predicted molar refractivity (Wildman–Crippen MR) is 105 cm³/mol. The highest BCUT2D eigenvalue weighted by Crippen LogP contribution is 2.18. The molecule has 3 rings (SSSR count). The zero-order chi connectivity index (χ0) is 20.1. The van der Waals surface area contributed by atoms with Crippen molar-refractivity contribution in [2.75, 3.05) is 11.1 Å². The summed E-state index contributed by atoms with van der Waals surface area (Å²) in [5, 5.41) is 2.66. The minimum Gasteiger partial charge on any atom is -0.323 e. The molecule has 0 unspecified atom stereocenters. The van der Waals surface area contributed by atoms with E-state index in [1.54, 1.807) is 6.92 Å². The van der Waals surface area contributed by atoms with E-state index < -0.39 is 17.5 Å². The van der Waals surface area contributed by atoms with Gasteiger partial charge in [-0.1, -0.05) is 42.1 Å². The monoisotopic (exact) mass is 401 g/mol. The van der Waals surface area contributed by atoms with Crippen molar-refractivity contribution in [3.63, 3.8) is 0 Å². The standard InChI is InChI=1S/C20H17F2N3O2S/c1-12-15(9-13-5-3-2-4-6-13)19(27)25-20(23-12)28-11-18(26)24-17-8-7-14(21)10-16(17)22/h2-8,10H,9,11H2,1H3,(H,24,26)(H,23,25,27). The average molecular weight is 401 g/mol. The number of anilines is 1. The highest BCUT2D eigenvalue weighted by atomic mass is 32.2. The van der Waals surface area contributed by atoms with Crippen LogP contribution < -0.4 is 10.9 Å². The number of nitrogens with zero attached hydrogens (tertiary/aromatic N) is 1. The lowest BCUT2D eigenvalue weighted by atomic mass is 10.1. The number of aromatic nitrogens is 2. The molecule has 0 saturated carbocycles. The van der Waals surface area contributed by atoms with Crippen LogP contribution in [0.1, 0.15) is 16.8 Å². The molecule has 0 aliphatic rings. The van der Waals surface area contributed by atoms with Gasteiger partial charge in [-0.15, -0.1) is 0 Å². The van der Waals surface area contributed by atoms with Crippen molar-refractivity contribution in [1.29, 1.82) is 0 Å². The molecule has 2 N–H and O–H groups in total. The van der Waals surface area contributed by atoms with E-state index in [9.17, 15) is 18.4 Å². The second-order valence-electron chi connectivity index (χ2n) is 6.06. The predicted octanol–water partition coefficient (Wildman–Crippen LogP) is 3.68. The summed E-state index contributed by atoms with van der Waals surface area (Å²) in [5.74, 6) is -2.16. The van der Waals surface area contributed by atoms with Crippen LogP contribution >= 0.6 is 11.8 Å². The molecular formula is C20H17F2N3O2S. The highest BCUT2D eigenvalue weighted by Gasteiger charge is 2.12. The van der Waals surface area contributed by atoms with Gasteiger partial charge in [0.05, 0.1) is 11.4 Å². The second kappa shape index (κ2) is 8.79. The van der Waals surface area contributed by atoms with Gasteiger partial charge in [-0.3, -0.25) is 9.59 Å². The molecule has 1 heterocycles. The van der Waals surface area contributed by atoms with Gasteiger partial charge in [-0.25, -0.2) is 13.8 Å². The summed E-state index contributed by atoms with van der Waals surface area (Å²) in [5.41, 5.74) is 1.78. The third-order valence-electron chi connectivity index (χ3n) is 3.97. The fourth-order valence-corrected chi connectivity index (χ4v) is 3.28. The highest BCUT2D eigenvalue weighted by molar-refractivity contribution is 7.99. The molecule has 0 aliphatic carbocycles. The van der Waals surface area contributed by atoms with Crippen LogP contribution in [0.5, 0.6) is 0 Å². The minimum absolute atomic E-state index is 0.0861. The molecule has 5 nitrogen and oxygen atoms in total. The van der Waals surface area contributed by atoms with Crippen molar-refractivity contribution in [3.8, 4) is 0 Å². The number of amides is 1. The van der Waals surface area contributed by atoms with Crippen LogP contribution in [0.4, 0.5) is 14.5 Å². The molecule has 8 heteroatoms. The van der Waals surface area contributed by atoms with Gasteiger partial charge in [0.15, 0.2) is 5.16 Å². The van der Waals surface area contributed by atoms with E-state index in [0.29, 0.717) is 28.9 Å². The molecule has 0 spiro atoms. The van der Waals surface area contributed by atoms with E-state index in [-0.39, 0.29) is 17.0 Å². The number of benzene rings is 2. The molecule has 0 bridgehead atoms. The first-order chi connectivity index (χ1) is 13.4. The number of halogens is 2. The Hall–Kier alpha value is -3.00. The summed E-state index contributed by atoms with van der Waals surface area (Å²) in [7, 11) is 0. The van der Waals surface area contributed by atoms with Gasteiger partial charge in [0, 0.05) is 23.7 Å². The largest absolute Gasteiger partial charge is 0.323 e. The van der Waals surface area contributed by atoms with E-state index in [4.69, 9.17) is 0 Å². The normalized spacial score (nSPS) is 10.7. The first-order valence-electron chi connectivity index (χ1n) is 8.44. The maximum Gasteiger partial charge on any atom is 0.255 e. The Morgan fingerprint density at radius 3 is 2.61 bits per heavy atom. The number of aryl methyl sites for hydroxylation is 1. The molecule has 0 saturated heterocycles. The summed E-state index contributed by atoms with van der Waals surface area (Å²) in [6, 6.07) is 12.5. The number of rotatable bonds is 6. The zero-order valence-corrected chi connectivity index (χ0v) is 15.8. The lowest BCUT2D eigenvalue weighted by molar-refractivity contribution is -0.113.